The lowest BCUT2D eigenvalue weighted by atomic mass is 10.1. The number of rotatable bonds is 11. The first kappa shape index (κ1) is 27.7. The van der Waals surface area contributed by atoms with E-state index in [9.17, 15) is 18.0 Å². The average molecular weight is 524 g/mol. The van der Waals surface area contributed by atoms with Crippen LogP contribution in [0.5, 0.6) is 5.75 Å². The van der Waals surface area contributed by atoms with Crippen molar-refractivity contribution in [2.24, 2.45) is 0 Å². The Morgan fingerprint density at radius 3 is 2.16 bits per heavy atom. The molecule has 37 heavy (non-hydrogen) atoms. The SMILES string of the molecule is CCC(C(=O)NC)N(Cc1ccccc1)C(=O)CN(c1cc(C)ccc1OC)S(=O)(=O)c1ccccc1. The molecule has 0 spiro atoms. The summed E-state index contributed by atoms with van der Waals surface area (Å²) >= 11 is 0. The molecule has 3 aromatic carbocycles. The van der Waals surface area contributed by atoms with Gasteiger partial charge in [0.15, 0.2) is 0 Å². The van der Waals surface area contributed by atoms with Crippen LogP contribution in [-0.4, -0.2) is 51.9 Å². The molecule has 0 heterocycles. The van der Waals surface area contributed by atoms with E-state index in [1.165, 1.54) is 31.2 Å². The highest BCUT2D eigenvalue weighted by molar-refractivity contribution is 7.92. The van der Waals surface area contributed by atoms with Gasteiger partial charge in [0, 0.05) is 13.6 Å². The highest BCUT2D eigenvalue weighted by Crippen LogP contribution is 2.33. The highest BCUT2D eigenvalue weighted by Gasteiger charge is 2.34. The van der Waals surface area contributed by atoms with Crippen LogP contribution in [-0.2, 0) is 26.2 Å². The number of nitrogens with zero attached hydrogens (tertiary/aromatic N) is 2. The largest absolute Gasteiger partial charge is 0.495 e. The van der Waals surface area contributed by atoms with Crippen LogP contribution in [0.3, 0.4) is 0 Å². The fourth-order valence-electron chi connectivity index (χ4n) is 4.09. The van der Waals surface area contributed by atoms with E-state index in [1.54, 1.807) is 36.4 Å². The van der Waals surface area contributed by atoms with Gasteiger partial charge in [-0.25, -0.2) is 8.42 Å². The lowest BCUT2D eigenvalue weighted by Gasteiger charge is -2.33. The third-order valence-electron chi connectivity index (χ3n) is 6.04. The molecule has 0 fully saturated rings. The lowest BCUT2D eigenvalue weighted by molar-refractivity contribution is -0.140. The molecule has 0 aromatic heterocycles. The van der Waals surface area contributed by atoms with Crippen LogP contribution >= 0.6 is 0 Å². The summed E-state index contributed by atoms with van der Waals surface area (Å²) in [6.07, 6.45) is 0.359. The molecular formula is C28H33N3O5S. The predicted octanol–water partition coefficient (Wildman–Crippen LogP) is 3.75. The summed E-state index contributed by atoms with van der Waals surface area (Å²) in [7, 11) is -1.20. The number of likely N-dealkylation sites (N-methyl/N-ethyl adjacent to an activating group) is 1. The molecule has 0 saturated heterocycles. The molecule has 1 atom stereocenters. The van der Waals surface area contributed by atoms with Crippen molar-refractivity contribution in [3.05, 3.63) is 90.0 Å². The van der Waals surface area contributed by atoms with E-state index in [0.717, 1.165) is 15.4 Å². The molecule has 196 valence electrons. The Morgan fingerprint density at radius 2 is 1.59 bits per heavy atom. The van der Waals surface area contributed by atoms with E-state index in [4.69, 9.17) is 4.74 Å². The minimum atomic E-state index is -4.16. The third kappa shape index (κ3) is 6.48. The van der Waals surface area contributed by atoms with Crippen molar-refractivity contribution in [2.45, 2.75) is 37.8 Å². The number of methoxy groups -OCH3 is 1. The summed E-state index contributed by atoms with van der Waals surface area (Å²) in [5.41, 5.74) is 1.87. The van der Waals surface area contributed by atoms with Crippen molar-refractivity contribution in [1.82, 2.24) is 10.2 Å². The second-order valence-electron chi connectivity index (χ2n) is 8.55. The molecule has 3 rings (SSSR count). The first-order chi connectivity index (χ1) is 17.7. The molecule has 0 aliphatic carbocycles. The monoisotopic (exact) mass is 523 g/mol. The number of sulfonamides is 1. The normalized spacial score (nSPS) is 11.9. The van der Waals surface area contributed by atoms with Gasteiger partial charge in [-0.3, -0.25) is 13.9 Å². The smallest absolute Gasteiger partial charge is 0.264 e. The molecule has 0 aliphatic heterocycles. The maximum Gasteiger partial charge on any atom is 0.264 e. The first-order valence-electron chi connectivity index (χ1n) is 12.0. The number of benzene rings is 3. The van der Waals surface area contributed by atoms with E-state index >= 15 is 0 Å². The zero-order chi connectivity index (χ0) is 27.0. The molecular weight excluding hydrogens is 490 g/mol. The summed E-state index contributed by atoms with van der Waals surface area (Å²) in [4.78, 5) is 28.1. The van der Waals surface area contributed by atoms with E-state index in [2.05, 4.69) is 5.32 Å². The van der Waals surface area contributed by atoms with Gasteiger partial charge in [-0.2, -0.15) is 0 Å². The zero-order valence-corrected chi connectivity index (χ0v) is 22.4. The fourth-order valence-corrected chi connectivity index (χ4v) is 5.53. The minimum Gasteiger partial charge on any atom is -0.495 e. The van der Waals surface area contributed by atoms with Crippen molar-refractivity contribution in [3.63, 3.8) is 0 Å². The van der Waals surface area contributed by atoms with Gasteiger partial charge in [-0.05, 0) is 48.7 Å². The van der Waals surface area contributed by atoms with Gasteiger partial charge in [-0.15, -0.1) is 0 Å². The number of anilines is 1. The predicted molar refractivity (Wildman–Crippen MR) is 144 cm³/mol. The molecule has 1 unspecified atom stereocenters. The van der Waals surface area contributed by atoms with Crippen LogP contribution in [0.1, 0.15) is 24.5 Å². The molecule has 0 saturated carbocycles. The van der Waals surface area contributed by atoms with Crippen LogP contribution in [0.15, 0.2) is 83.8 Å². The van der Waals surface area contributed by atoms with E-state index in [1.807, 2.05) is 44.2 Å². The Hall–Kier alpha value is -3.85. The number of hydrogen-bond donors (Lipinski definition) is 1. The van der Waals surface area contributed by atoms with Crippen LogP contribution < -0.4 is 14.4 Å². The maximum atomic E-state index is 13.9. The van der Waals surface area contributed by atoms with E-state index < -0.39 is 28.5 Å². The molecule has 2 amide bonds. The average Bonchev–Trinajstić information content (AvgIpc) is 2.92. The van der Waals surface area contributed by atoms with Gasteiger partial charge in [-0.1, -0.05) is 61.5 Å². The van der Waals surface area contributed by atoms with Crippen LogP contribution in [0.2, 0.25) is 0 Å². The Bertz CT molecular complexity index is 1310. The first-order valence-corrected chi connectivity index (χ1v) is 13.4. The summed E-state index contributed by atoms with van der Waals surface area (Å²) in [5.74, 6) is -0.523. The standard InChI is InChI=1S/C28H33N3O5S/c1-5-24(28(33)29-3)30(19-22-12-8-6-9-13-22)27(32)20-31(25-18-21(2)16-17-26(25)36-4)37(34,35)23-14-10-7-11-15-23/h6-18,24H,5,19-20H2,1-4H3,(H,29,33). The number of aryl methyl sites for hydroxylation is 1. The van der Waals surface area contributed by atoms with Gasteiger partial charge >= 0.3 is 0 Å². The molecule has 0 aliphatic rings. The molecule has 3 aromatic rings. The Labute approximate surface area is 218 Å². The number of amides is 2. The highest BCUT2D eigenvalue weighted by atomic mass is 32.2. The number of nitrogens with one attached hydrogen (secondary N) is 1. The zero-order valence-electron chi connectivity index (χ0n) is 21.5. The minimum absolute atomic E-state index is 0.0410. The van der Waals surface area contributed by atoms with Crippen LogP contribution in [0.4, 0.5) is 5.69 Å². The number of hydrogen-bond acceptors (Lipinski definition) is 5. The number of ether oxygens (including phenoxy) is 1. The Balaban J connectivity index is 2.11. The van der Waals surface area contributed by atoms with Crippen LogP contribution in [0, 0.1) is 6.92 Å². The van der Waals surface area contributed by atoms with Gasteiger partial charge in [0.25, 0.3) is 10.0 Å². The van der Waals surface area contributed by atoms with Crippen LogP contribution in [0.25, 0.3) is 0 Å². The molecule has 0 bridgehead atoms. The maximum absolute atomic E-state index is 13.9. The quantitative estimate of drug-likeness (QED) is 0.413. The van der Waals surface area contributed by atoms with E-state index in [-0.39, 0.29) is 23.0 Å². The second kappa shape index (κ2) is 12.4. The topological polar surface area (TPSA) is 96.0 Å². The lowest BCUT2D eigenvalue weighted by Crippen LogP contribution is -2.51. The Kier molecular flexibility index (Phi) is 9.30. The summed E-state index contributed by atoms with van der Waals surface area (Å²) < 4.78 is 34.3. The summed E-state index contributed by atoms with van der Waals surface area (Å²) in [6.45, 7) is 3.28. The van der Waals surface area contributed by atoms with Crippen molar-refractivity contribution >= 4 is 27.5 Å². The second-order valence-corrected chi connectivity index (χ2v) is 10.4. The van der Waals surface area contributed by atoms with Gasteiger partial charge in [0.05, 0.1) is 17.7 Å². The van der Waals surface area contributed by atoms with Crippen molar-refractivity contribution in [3.8, 4) is 5.75 Å². The molecule has 0 radical (unpaired) electrons. The number of carbonyl (C=O) groups excluding carboxylic acids is 2. The van der Waals surface area contributed by atoms with E-state index in [0.29, 0.717) is 12.2 Å². The third-order valence-corrected chi connectivity index (χ3v) is 7.82. The molecule has 8 nitrogen and oxygen atoms in total. The van der Waals surface area contributed by atoms with Crippen molar-refractivity contribution < 1.29 is 22.7 Å². The van der Waals surface area contributed by atoms with Crippen molar-refractivity contribution in [1.29, 1.82) is 0 Å². The van der Waals surface area contributed by atoms with Gasteiger partial charge < -0.3 is 15.0 Å². The van der Waals surface area contributed by atoms with Gasteiger partial charge in [0.1, 0.15) is 18.3 Å². The molecule has 1 N–H and O–H groups in total. The fraction of sp³-hybridized carbons (Fsp3) is 0.286. The summed E-state index contributed by atoms with van der Waals surface area (Å²) in [5, 5.41) is 2.62. The van der Waals surface area contributed by atoms with Crippen molar-refractivity contribution in [2.75, 3.05) is 25.0 Å². The summed E-state index contributed by atoms with van der Waals surface area (Å²) in [6, 6.07) is 21.6. The van der Waals surface area contributed by atoms with Gasteiger partial charge in [0.2, 0.25) is 11.8 Å². The Morgan fingerprint density at radius 1 is 0.973 bits per heavy atom. The number of carbonyl (C=O) groups is 2. The molecule has 9 heteroatoms.